The predicted molar refractivity (Wildman–Crippen MR) is 79.1 cm³/mol. The van der Waals surface area contributed by atoms with Gasteiger partial charge >= 0.3 is 0 Å². The Morgan fingerprint density at radius 1 is 1.30 bits per heavy atom. The number of methoxy groups -OCH3 is 1. The minimum Gasteiger partial charge on any atom is -0.497 e. The van der Waals surface area contributed by atoms with E-state index in [2.05, 4.69) is 10.6 Å². The van der Waals surface area contributed by atoms with Crippen molar-refractivity contribution >= 4 is 29.1 Å². The van der Waals surface area contributed by atoms with E-state index in [9.17, 15) is 9.59 Å². The molecule has 2 amide bonds. The third kappa shape index (κ3) is 4.74. The normalized spacial score (nSPS) is 10.8. The molecule has 2 N–H and O–H groups in total. The third-order valence-electron chi connectivity index (χ3n) is 2.54. The van der Waals surface area contributed by atoms with Gasteiger partial charge in [0.2, 0.25) is 11.8 Å². The number of carbonyl (C=O) groups excluding carboxylic acids is 2. The van der Waals surface area contributed by atoms with Gasteiger partial charge in [0.15, 0.2) is 0 Å². The van der Waals surface area contributed by atoms with Crippen LogP contribution in [0.25, 0.3) is 0 Å². The van der Waals surface area contributed by atoms with Gasteiger partial charge in [-0.1, -0.05) is 32.4 Å². The fourth-order valence-electron chi connectivity index (χ4n) is 1.34. The standard InChI is InChI=1S/C14H19ClN2O3/c1-14(2,3)13(19)16-8-12(18)17-11-6-5-9(20-4)7-10(11)15/h5-7H,8H2,1-4H3,(H,16,19)(H,17,18). The summed E-state index contributed by atoms with van der Waals surface area (Å²) in [6.07, 6.45) is 0. The second-order valence-electron chi connectivity index (χ2n) is 5.33. The van der Waals surface area contributed by atoms with Crippen LogP contribution in [0.4, 0.5) is 5.69 Å². The van der Waals surface area contributed by atoms with E-state index in [-0.39, 0.29) is 18.4 Å². The van der Waals surface area contributed by atoms with Crippen molar-refractivity contribution in [3.05, 3.63) is 23.2 Å². The quantitative estimate of drug-likeness (QED) is 0.897. The first-order chi connectivity index (χ1) is 9.24. The van der Waals surface area contributed by atoms with Gasteiger partial charge < -0.3 is 15.4 Å². The molecule has 6 heteroatoms. The first-order valence-corrected chi connectivity index (χ1v) is 6.53. The Morgan fingerprint density at radius 3 is 2.45 bits per heavy atom. The van der Waals surface area contributed by atoms with Crippen LogP contribution in [0, 0.1) is 5.41 Å². The van der Waals surface area contributed by atoms with Gasteiger partial charge in [0.1, 0.15) is 5.75 Å². The molecule has 0 unspecified atom stereocenters. The van der Waals surface area contributed by atoms with Crippen molar-refractivity contribution < 1.29 is 14.3 Å². The van der Waals surface area contributed by atoms with Gasteiger partial charge in [0, 0.05) is 11.5 Å². The molecule has 0 aromatic heterocycles. The minimum absolute atomic E-state index is 0.0987. The molecular weight excluding hydrogens is 280 g/mol. The molecule has 0 atom stereocenters. The van der Waals surface area contributed by atoms with E-state index in [1.165, 1.54) is 7.11 Å². The van der Waals surface area contributed by atoms with Crippen molar-refractivity contribution in [1.82, 2.24) is 5.32 Å². The highest BCUT2D eigenvalue weighted by atomic mass is 35.5. The summed E-state index contributed by atoms with van der Waals surface area (Å²) in [5.41, 5.74) is -0.0552. The number of rotatable bonds is 4. The highest BCUT2D eigenvalue weighted by molar-refractivity contribution is 6.33. The monoisotopic (exact) mass is 298 g/mol. The summed E-state index contributed by atoms with van der Waals surface area (Å²) in [7, 11) is 1.53. The predicted octanol–water partition coefficient (Wildman–Crippen LogP) is 2.45. The molecule has 0 radical (unpaired) electrons. The molecule has 0 bridgehead atoms. The smallest absolute Gasteiger partial charge is 0.243 e. The van der Waals surface area contributed by atoms with Crippen LogP contribution in [-0.4, -0.2) is 25.5 Å². The summed E-state index contributed by atoms with van der Waals surface area (Å²) in [6.45, 7) is 5.24. The van der Waals surface area contributed by atoms with Crippen LogP contribution < -0.4 is 15.4 Å². The molecular formula is C14H19ClN2O3. The number of carbonyl (C=O) groups is 2. The lowest BCUT2D eigenvalue weighted by molar-refractivity contribution is -0.130. The first kappa shape index (κ1) is 16.3. The maximum Gasteiger partial charge on any atom is 0.243 e. The van der Waals surface area contributed by atoms with E-state index in [4.69, 9.17) is 16.3 Å². The van der Waals surface area contributed by atoms with Crippen LogP contribution in [0.2, 0.25) is 5.02 Å². The summed E-state index contributed by atoms with van der Waals surface area (Å²) in [6, 6.07) is 4.94. The summed E-state index contributed by atoms with van der Waals surface area (Å²) >= 11 is 6.01. The average molecular weight is 299 g/mol. The van der Waals surface area contributed by atoms with Crippen LogP contribution in [0.1, 0.15) is 20.8 Å². The molecule has 0 saturated heterocycles. The van der Waals surface area contributed by atoms with Crippen molar-refractivity contribution in [1.29, 1.82) is 0 Å². The zero-order chi connectivity index (χ0) is 15.3. The van der Waals surface area contributed by atoms with Crippen LogP contribution in [0.5, 0.6) is 5.75 Å². The maximum atomic E-state index is 11.7. The first-order valence-electron chi connectivity index (χ1n) is 6.15. The lowest BCUT2D eigenvalue weighted by Crippen LogP contribution is -2.39. The largest absolute Gasteiger partial charge is 0.497 e. The lowest BCUT2D eigenvalue weighted by atomic mass is 9.96. The van der Waals surface area contributed by atoms with Gasteiger partial charge in [-0.05, 0) is 12.1 Å². The van der Waals surface area contributed by atoms with Crippen LogP contribution >= 0.6 is 11.6 Å². The fourth-order valence-corrected chi connectivity index (χ4v) is 1.56. The number of ether oxygens (including phenoxy) is 1. The number of anilines is 1. The molecule has 0 heterocycles. The Balaban J connectivity index is 2.57. The average Bonchev–Trinajstić information content (AvgIpc) is 2.37. The number of hydrogen-bond donors (Lipinski definition) is 2. The van der Waals surface area contributed by atoms with Gasteiger partial charge in [-0.25, -0.2) is 0 Å². The highest BCUT2D eigenvalue weighted by Gasteiger charge is 2.21. The van der Waals surface area contributed by atoms with Crippen LogP contribution in [-0.2, 0) is 9.59 Å². The zero-order valence-corrected chi connectivity index (χ0v) is 12.8. The van der Waals surface area contributed by atoms with Crippen molar-refractivity contribution in [2.75, 3.05) is 19.0 Å². The summed E-state index contributed by atoms with van der Waals surface area (Å²) in [4.78, 5) is 23.4. The molecule has 0 saturated carbocycles. The molecule has 5 nitrogen and oxygen atoms in total. The minimum atomic E-state index is -0.530. The molecule has 0 aliphatic rings. The molecule has 1 aromatic rings. The zero-order valence-electron chi connectivity index (χ0n) is 12.0. The Bertz CT molecular complexity index is 510. The maximum absolute atomic E-state index is 11.7. The number of hydrogen-bond acceptors (Lipinski definition) is 3. The van der Waals surface area contributed by atoms with Gasteiger partial charge in [0.05, 0.1) is 24.4 Å². The molecule has 0 spiro atoms. The van der Waals surface area contributed by atoms with Gasteiger partial charge in [-0.15, -0.1) is 0 Å². The van der Waals surface area contributed by atoms with Gasteiger partial charge in [-0.2, -0.15) is 0 Å². The highest BCUT2D eigenvalue weighted by Crippen LogP contribution is 2.26. The second kappa shape index (κ2) is 6.61. The molecule has 1 aromatic carbocycles. The van der Waals surface area contributed by atoms with E-state index >= 15 is 0 Å². The van der Waals surface area contributed by atoms with Crippen LogP contribution in [0.15, 0.2) is 18.2 Å². The Kier molecular flexibility index (Phi) is 5.39. The topological polar surface area (TPSA) is 67.4 Å². The molecule has 20 heavy (non-hydrogen) atoms. The summed E-state index contributed by atoms with van der Waals surface area (Å²) in [5.74, 6) is 0.0807. The van der Waals surface area contributed by atoms with E-state index in [1.54, 1.807) is 39.0 Å². The van der Waals surface area contributed by atoms with Gasteiger partial charge in [-0.3, -0.25) is 9.59 Å². The number of halogens is 1. The number of benzene rings is 1. The van der Waals surface area contributed by atoms with Crippen molar-refractivity contribution in [2.45, 2.75) is 20.8 Å². The molecule has 110 valence electrons. The van der Waals surface area contributed by atoms with E-state index in [0.717, 1.165) is 0 Å². The van der Waals surface area contributed by atoms with Crippen molar-refractivity contribution in [3.8, 4) is 5.75 Å². The van der Waals surface area contributed by atoms with Crippen LogP contribution in [0.3, 0.4) is 0 Å². The fraction of sp³-hybridized carbons (Fsp3) is 0.429. The van der Waals surface area contributed by atoms with E-state index in [1.807, 2.05) is 0 Å². The lowest BCUT2D eigenvalue weighted by Gasteiger charge is -2.17. The molecule has 1 rings (SSSR count). The Labute approximate surface area is 123 Å². The van der Waals surface area contributed by atoms with Gasteiger partial charge in [0.25, 0.3) is 0 Å². The second-order valence-corrected chi connectivity index (χ2v) is 5.73. The molecule has 0 aliphatic carbocycles. The molecule has 0 fully saturated rings. The number of amides is 2. The van der Waals surface area contributed by atoms with Crippen molar-refractivity contribution in [3.63, 3.8) is 0 Å². The SMILES string of the molecule is COc1ccc(NC(=O)CNC(=O)C(C)(C)C)c(Cl)c1. The third-order valence-corrected chi connectivity index (χ3v) is 2.85. The van der Waals surface area contributed by atoms with E-state index < -0.39 is 5.41 Å². The number of nitrogens with one attached hydrogen (secondary N) is 2. The van der Waals surface area contributed by atoms with Crippen molar-refractivity contribution in [2.24, 2.45) is 5.41 Å². The Hall–Kier alpha value is -1.75. The summed E-state index contributed by atoms with van der Waals surface area (Å²) < 4.78 is 5.02. The Morgan fingerprint density at radius 2 is 1.95 bits per heavy atom. The summed E-state index contributed by atoms with van der Waals surface area (Å²) in [5, 5.41) is 5.57. The van der Waals surface area contributed by atoms with E-state index in [0.29, 0.717) is 16.5 Å². The molecule has 0 aliphatic heterocycles.